The number of aromatic nitrogens is 4. The molecule has 0 bridgehead atoms. The van der Waals surface area contributed by atoms with Crippen LogP contribution in [0.4, 0.5) is 5.69 Å². The number of amides is 1. The van der Waals surface area contributed by atoms with Gasteiger partial charge in [0.2, 0.25) is 0 Å². The van der Waals surface area contributed by atoms with Gasteiger partial charge in [0, 0.05) is 25.2 Å². The van der Waals surface area contributed by atoms with E-state index in [4.69, 9.17) is 5.73 Å². The van der Waals surface area contributed by atoms with E-state index in [-0.39, 0.29) is 11.8 Å². The molecule has 1 aliphatic heterocycles. The van der Waals surface area contributed by atoms with Crippen LogP contribution in [-0.4, -0.2) is 43.7 Å². The van der Waals surface area contributed by atoms with Crippen LogP contribution in [0.2, 0.25) is 0 Å². The lowest BCUT2D eigenvalue weighted by molar-refractivity contribution is 0.0792. The number of fused-ring (bicyclic) bond motifs is 1. The summed E-state index contributed by atoms with van der Waals surface area (Å²) in [5.41, 5.74) is 8.96. The number of nitrogen functional groups attached to an aromatic ring is 1. The minimum Gasteiger partial charge on any atom is -0.396 e. The first-order valence-corrected chi connectivity index (χ1v) is 7.24. The molecule has 1 amide bonds. The normalized spacial score (nSPS) is 18.2. The predicted octanol–water partition coefficient (Wildman–Crippen LogP) is 1.27. The van der Waals surface area contributed by atoms with Gasteiger partial charge in [0.05, 0.1) is 34.9 Å². The van der Waals surface area contributed by atoms with Gasteiger partial charge in [0.25, 0.3) is 5.91 Å². The van der Waals surface area contributed by atoms with E-state index in [0.29, 0.717) is 24.3 Å². The van der Waals surface area contributed by atoms with Gasteiger partial charge in [0.1, 0.15) is 0 Å². The fourth-order valence-corrected chi connectivity index (χ4v) is 3.08. The van der Waals surface area contributed by atoms with Crippen LogP contribution >= 0.6 is 0 Å². The van der Waals surface area contributed by atoms with Crippen molar-refractivity contribution in [3.05, 3.63) is 48.0 Å². The van der Waals surface area contributed by atoms with Gasteiger partial charge in [0.15, 0.2) is 0 Å². The zero-order valence-electron chi connectivity index (χ0n) is 11.9. The number of carbonyl (C=O) groups is 1. The fraction of sp³-hybridized carbons (Fsp3) is 0.267. The Morgan fingerprint density at radius 2 is 2.27 bits per heavy atom. The molecular weight excluding hydrogens is 280 g/mol. The third-order valence-electron chi connectivity index (χ3n) is 4.24. The van der Waals surface area contributed by atoms with Gasteiger partial charge in [-0.2, -0.15) is 10.2 Å². The van der Waals surface area contributed by atoms with Crippen LogP contribution in [0.5, 0.6) is 0 Å². The SMILES string of the molecule is Nc1cn[nH]c1C1CCN(C(=O)c2cnn3ccccc23)C1. The lowest BCUT2D eigenvalue weighted by Gasteiger charge is -2.15. The Morgan fingerprint density at radius 3 is 3.09 bits per heavy atom. The number of hydrogen-bond acceptors (Lipinski definition) is 4. The number of aromatic amines is 1. The van der Waals surface area contributed by atoms with E-state index in [2.05, 4.69) is 15.3 Å². The van der Waals surface area contributed by atoms with Crippen LogP contribution in [0.3, 0.4) is 0 Å². The molecular formula is C15H16N6O. The number of carbonyl (C=O) groups excluding carboxylic acids is 1. The van der Waals surface area contributed by atoms with E-state index >= 15 is 0 Å². The highest BCUT2D eigenvalue weighted by atomic mass is 16.2. The van der Waals surface area contributed by atoms with Crippen LogP contribution < -0.4 is 5.73 Å². The van der Waals surface area contributed by atoms with Gasteiger partial charge < -0.3 is 10.6 Å². The van der Waals surface area contributed by atoms with Crippen molar-refractivity contribution >= 4 is 17.1 Å². The molecule has 3 N–H and O–H groups in total. The largest absolute Gasteiger partial charge is 0.396 e. The first-order chi connectivity index (χ1) is 10.7. The fourth-order valence-electron chi connectivity index (χ4n) is 3.08. The Morgan fingerprint density at radius 1 is 1.36 bits per heavy atom. The summed E-state index contributed by atoms with van der Waals surface area (Å²) in [6.07, 6.45) is 5.97. The lowest BCUT2D eigenvalue weighted by atomic mass is 10.0. The maximum absolute atomic E-state index is 12.7. The van der Waals surface area contributed by atoms with Crippen molar-refractivity contribution in [2.45, 2.75) is 12.3 Å². The quantitative estimate of drug-likeness (QED) is 0.745. The molecule has 3 aromatic heterocycles. The molecule has 0 saturated carbocycles. The molecule has 0 aliphatic carbocycles. The summed E-state index contributed by atoms with van der Waals surface area (Å²) >= 11 is 0. The first-order valence-electron chi connectivity index (χ1n) is 7.24. The molecule has 1 aliphatic rings. The van der Waals surface area contributed by atoms with Crippen molar-refractivity contribution in [3.63, 3.8) is 0 Å². The second-order valence-electron chi connectivity index (χ2n) is 5.56. The molecule has 0 spiro atoms. The minimum atomic E-state index is 0.0155. The van der Waals surface area contributed by atoms with Crippen molar-refractivity contribution in [2.75, 3.05) is 18.8 Å². The van der Waals surface area contributed by atoms with Crippen molar-refractivity contribution in [2.24, 2.45) is 0 Å². The van der Waals surface area contributed by atoms with E-state index < -0.39 is 0 Å². The maximum atomic E-state index is 12.7. The van der Waals surface area contributed by atoms with E-state index in [1.165, 1.54) is 0 Å². The number of H-pyrrole nitrogens is 1. The average molecular weight is 296 g/mol. The molecule has 1 fully saturated rings. The second kappa shape index (κ2) is 4.87. The van der Waals surface area contributed by atoms with E-state index in [1.807, 2.05) is 29.3 Å². The smallest absolute Gasteiger partial charge is 0.257 e. The first kappa shape index (κ1) is 12.9. The molecule has 112 valence electrons. The minimum absolute atomic E-state index is 0.0155. The third kappa shape index (κ3) is 1.93. The summed E-state index contributed by atoms with van der Waals surface area (Å²) in [5.74, 6) is 0.232. The van der Waals surface area contributed by atoms with E-state index in [0.717, 1.165) is 17.6 Å². The summed E-state index contributed by atoms with van der Waals surface area (Å²) in [5, 5.41) is 11.1. The van der Waals surface area contributed by atoms with Crippen LogP contribution in [0, 0.1) is 0 Å². The Labute approximate surface area is 126 Å². The van der Waals surface area contributed by atoms with Crippen LogP contribution in [-0.2, 0) is 0 Å². The molecule has 7 heteroatoms. The standard InChI is InChI=1S/C15H16N6O/c16-12-8-17-19-14(12)10-4-6-20(9-10)15(22)11-7-18-21-5-2-1-3-13(11)21/h1-3,5,7-8,10H,4,6,9,16H2,(H,17,19). The average Bonchev–Trinajstić information content (AvgIpc) is 3.25. The lowest BCUT2D eigenvalue weighted by Crippen LogP contribution is -2.28. The molecule has 7 nitrogen and oxygen atoms in total. The zero-order valence-corrected chi connectivity index (χ0v) is 11.9. The highest BCUT2D eigenvalue weighted by molar-refractivity contribution is 6.00. The molecule has 22 heavy (non-hydrogen) atoms. The maximum Gasteiger partial charge on any atom is 0.257 e. The van der Waals surface area contributed by atoms with Crippen molar-refractivity contribution in [1.29, 1.82) is 0 Å². The van der Waals surface area contributed by atoms with Gasteiger partial charge in [-0.05, 0) is 18.6 Å². The Balaban J connectivity index is 1.58. The van der Waals surface area contributed by atoms with Crippen LogP contribution in [0.25, 0.3) is 5.52 Å². The number of likely N-dealkylation sites (tertiary alicyclic amines) is 1. The topological polar surface area (TPSA) is 92.3 Å². The highest BCUT2D eigenvalue weighted by Gasteiger charge is 2.31. The Kier molecular flexibility index (Phi) is 2.85. The molecule has 4 rings (SSSR count). The zero-order chi connectivity index (χ0) is 15.1. The summed E-state index contributed by atoms with van der Waals surface area (Å²) in [6.45, 7) is 1.36. The number of hydrogen-bond donors (Lipinski definition) is 2. The molecule has 1 unspecified atom stereocenters. The Hall–Kier alpha value is -2.83. The molecule has 0 aromatic carbocycles. The summed E-state index contributed by atoms with van der Waals surface area (Å²) in [7, 11) is 0. The summed E-state index contributed by atoms with van der Waals surface area (Å²) in [6, 6.07) is 5.70. The van der Waals surface area contributed by atoms with Crippen molar-refractivity contribution in [1.82, 2.24) is 24.7 Å². The molecule has 3 aromatic rings. The number of pyridine rings is 1. The number of nitrogens with one attached hydrogen (secondary N) is 1. The summed E-state index contributed by atoms with van der Waals surface area (Å²) in [4.78, 5) is 14.6. The van der Waals surface area contributed by atoms with Gasteiger partial charge in [-0.3, -0.25) is 9.89 Å². The van der Waals surface area contributed by atoms with Gasteiger partial charge in [-0.1, -0.05) is 6.07 Å². The number of nitrogens with zero attached hydrogens (tertiary/aromatic N) is 4. The second-order valence-corrected chi connectivity index (χ2v) is 5.56. The van der Waals surface area contributed by atoms with Crippen LogP contribution in [0.15, 0.2) is 36.8 Å². The van der Waals surface area contributed by atoms with Gasteiger partial charge in [-0.15, -0.1) is 0 Å². The monoisotopic (exact) mass is 296 g/mol. The molecule has 1 saturated heterocycles. The van der Waals surface area contributed by atoms with Gasteiger partial charge >= 0.3 is 0 Å². The molecule has 4 heterocycles. The predicted molar refractivity (Wildman–Crippen MR) is 81.5 cm³/mol. The number of rotatable bonds is 2. The molecule has 1 atom stereocenters. The van der Waals surface area contributed by atoms with E-state index in [9.17, 15) is 4.79 Å². The number of anilines is 1. The third-order valence-corrected chi connectivity index (χ3v) is 4.24. The highest BCUT2D eigenvalue weighted by Crippen LogP contribution is 2.30. The molecule has 0 radical (unpaired) electrons. The Bertz CT molecular complexity index is 835. The number of nitrogens with two attached hydrogens (primary N) is 1. The van der Waals surface area contributed by atoms with Gasteiger partial charge in [-0.25, -0.2) is 4.52 Å². The van der Waals surface area contributed by atoms with Crippen molar-refractivity contribution in [3.8, 4) is 0 Å². The van der Waals surface area contributed by atoms with Crippen molar-refractivity contribution < 1.29 is 4.79 Å². The summed E-state index contributed by atoms with van der Waals surface area (Å²) < 4.78 is 1.72. The van der Waals surface area contributed by atoms with E-state index in [1.54, 1.807) is 16.9 Å². The van der Waals surface area contributed by atoms with Crippen LogP contribution in [0.1, 0.15) is 28.4 Å².